The zero-order valence-corrected chi connectivity index (χ0v) is 15.4. The van der Waals surface area contributed by atoms with Crippen LogP contribution in [0, 0.1) is 23.7 Å². The molecular formula is C20H26N2O5. The monoisotopic (exact) mass is 374 g/mol. The second-order valence-corrected chi connectivity index (χ2v) is 7.39. The highest BCUT2D eigenvalue weighted by molar-refractivity contribution is 5.96. The number of hydrazine groups is 1. The van der Waals surface area contributed by atoms with Gasteiger partial charge in [-0.15, -0.1) is 0 Å². The minimum atomic E-state index is -0.924. The fraction of sp³-hybridized carbons (Fsp3) is 0.550. The van der Waals surface area contributed by atoms with Crippen LogP contribution in [-0.2, 0) is 9.59 Å². The molecule has 3 rings (SSSR count). The number of fused-ring (bicyclic) bond motifs is 2. The molecule has 0 aromatic heterocycles. The maximum Gasteiger partial charge on any atom is 0.307 e. The maximum atomic E-state index is 12.5. The number of hydrogen-bond donors (Lipinski definition) is 3. The summed E-state index contributed by atoms with van der Waals surface area (Å²) in [7, 11) is 0. The molecule has 0 spiro atoms. The number of hydrogen-bond acceptors (Lipinski definition) is 4. The van der Waals surface area contributed by atoms with E-state index in [4.69, 9.17) is 4.74 Å². The fourth-order valence-corrected chi connectivity index (χ4v) is 4.33. The molecule has 0 heterocycles. The predicted octanol–water partition coefficient (Wildman–Crippen LogP) is 2.37. The van der Waals surface area contributed by atoms with E-state index in [2.05, 4.69) is 17.8 Å². The van der Waals surface area contributed by atoms with Crippen LogP contribution >= 0.6 is 0 Å². The minimum absolute atomic E-state index is 0.0687. The number of ether oxygens (including phenoxy) is 1. The number of carboxylic acids is 1. The molecule has 3 N–H and O–H groups in total. The molecule has 2 amide bonds. The first kappa shape index (κ1) is 19.2. The van der Waals surface area contributed by atoms with Crippen molar-refractivity contribution in [2.24, 2.45) is 23.7 Å². The number of nitrogens with one attached hydrogen (secondary N) is 2. The lowest BCUT2D eigenvalue weighted by atomic mass is 9.79. The summed E-state index contributed by atoms with van der Waals surface area (Å²) in [6.45, 7) is 2.72. The SMILES string of the molecule is CCCCOc1ccc(C(=O)NNC(=O)[C@@H]2[C@H]3CC[C@@H](C3)[C@@H]2C(=O)O)cc1. The molecule has 0 radical (unpaired) electrons. The summed E-state index contributed by atoms with van der Waals surface area (Å²) >= 11 is 0. The fourth-order valence-electron chi connectivity index (χ4n) is 4.33. The van der Waals surface area contributed by atoms with Crippen LogP contribution in [0.5, 0.6) is 5.75 Å². The van der Waals surface area contributed by atoms with Crippen molar-refractivity contribution in [1.29, 1.82) is 0 Å². The summed E-state index contributed by atoms with van der Waals surface area (Å²) in [5, 5.41) is 9.43. The lowest BCUT2D eigenvalue weighted by Crippen LogP contribution is -2.48. The number of benzene rings is 1. The van der Waals surface area contributed by atoms with E-state index in [1.807, 2.05) is 0 Å². The van der Waals surface area contributed by atoms with Crippen molar-refractivity contribution in [2.45, 2.75) is 39.0 Å². The molecule has 2 bridgehead atoms. The lowest BCUT2D eigenvalue weighted by molar-refractivity contribution is -0.149. The summed E-state index contributed by atoms with van der Waals surface area (Å²) in [5.41, 5.74) is 5.20. The number of unbranched alkanes of at least 4 members (excludes halogenated alkanes) is 1. The van der Waals surface area contributed by atoms with Crippen molar-refractivity contribution in [3.63, 3.8) is 0 Å². The average Bonchev–Trinajstić information content (AvgIpc) is 3.28. The van der Waals surface area contributed by atoms with Gasteiger partial charge in [0.2, 0.25) is 5.91 Å². The van der Waals surface area contributed by atoms with Crippen LogP contribution in [0.1, 0.15) is 49.4 Å². The number of carbonyl (C=O) groups excluding carboxylic acids is 2. The van der Waals surface area contributed by atoms with Gasteiger partial charge in [0.25, 0.3) is 5.91 Å². The van der Waals surface area contributed by atoms with Crippen LogP contribution in [0.3, 0.4) is 0 Å². The number of rotatable bonds is 7. The van der Waals surface area contributed by atoms with E-state index in [-0.39, 0.29) is 11.8 Å². The Balaban J connectivity index is 1.53. The van der Waals surface area contributed by atoms with Crippen molar-refractivity contribution in [1.82, 2.24) is 10.9 Å². The third-order valence-corrected chi connectivity index (χ3v) is 5.69. The number of aliphatic carboxylic acids is 1. The second kappa shape index (κ2) is 8.41. The normalized spacial score (nSPS) is 25.8. The van der Waals surface area contributed by atoms with E-state index in [0.717, 1.165) is 32.1 Å². The zero-order chi connectivity index (χ0) is 19.4. The third-order valence-electron chi connectivity index (χ3n) is 5.69. The molecule has 0 unspecified atom stereocenters. The van der Waals surface area contributed by atoms with Gasteiger partial charge in [0.15, 0.2) is 0 Å². The molecule has 146 valence electrons. The molecule has 7 nitrogen and oxygen atoms in total. The summed E-state index contributed by atoms with van der Waals surface area (Å²) in [5.74, 6) is -2.16. The topological polar surface area (TPSA) is 105 Å². The number of carbonyl (C=O) groups is 3. The summed E-state index contributed by atoms with van der Waals surface area (Å²) in [6, 6.07) is 6.67. The highest BCUT2D eigenvalue weighted by Gasteiger charge is 2.54. The van der Waals surface area contributed by atoms with E-state index >= 15 is 0 Å². The highest BCUT2D eigenvalue weighted by atomic mass is 16.5. The van der Waals surface area contributed by atoms with E-state index in [0.29, 0.717) is 17.9 Å². The number of carboxylic acid groups (broad SMARTS) is 1. The standard InChI is InChI=1S/C20H26N2O5/c1-2-3-10-27-15-8-6-12(7-9-15)18(23)21-22-19(24)16-13-4-5-14(11-13)17(16)20(25)26/h6-9,13-14,16-17H,2-5,10-11H2,1H3,(H,21,23)(H,22,24)(H,25,26)/t13-,14-,16+,17-/m0/s1. The molecule has 2 aliphatic rings. The minimum Gasteiger partial charge on any atom is -0.494 e. The molecule has 2 aliphatic carbocycles. The third kappa shape index (κ3) is 4.23. The Hall–Kier alpha value is -2.57. The van der Waals surface area contributed by atoms with Gasteiger partial charge in [-0.05, 0) is 61.8 Å². The van der Waals surface area contributed by atoms with Gasteiger partial charge in [0.05, 0.1) is 18.4 Å². The summed E-state index contributed by atoms with van der Waals surface area (Å²) in [6.07, 6.45) is 4.53. The first-order chi connectivity index (χ1) is 13.0. The largest absolute Gasteiger partial charge is 0.494 e. The van der Waals surface area contributed by atoms with Gasteiger partial charge in [-0.2, -0.15) is 0 Å². The first-order valence-corrected chi connectivity index (χ1v) is 9.57. The summed E-state index contributed by atoms with van der Waals surface area (Å²) in [4.78, 5) is 36.2. The van der Waals surface area contributed by atoms with Crippen LogP contribution in [0.15, 0.2) is 24.3 Å². The molecule has 7 heteroatoms. The lowest BCUT2D eigenvalue weighted by Gasteiger charge is -2.26. The Morgan fingerprint density at radius 2 is 1.74 bits per heavy atom. The first-order valence-electron chi connectivity index (χ1n) is 9.57. The van der Waals surface area contributed by atoms with Crippen LogP contribution in [0.25, 0.3) is 0 Å². The molecule has 27 heavy (non-hydrogen) atoms. The Morgan fingerprint density at radius 1 is 1.07 bits per heavy atom. The molecule has 0 aliphatic heterocycles. The van der Waals surface area contributed by atoms with Crippen molar-refractivity contribution in [3.05, 3.63) is 29.8 Å². The van der Waals surface area contributed by atoms with Gasteiger partial charge >= 0.3 is 5.97 Å². The molecule has 2 saturated carbocycles. The smallest absolute Gasteiger partial charge is 0.307 e. The average molecular weight is 374 g/mol. The van der Waals surface area contributed by atoms with Crippen molar-refractivity contribution < 1.29 is 24.2 Å². The Morgan fingerprint density at radius 3 is 2.37 bits per heavy atom. The van der Waals surface area contributed by atoms with Crippen molar-refractivity contribution >= 4 is 17.8 Å². The Kier molecular flexibility index (Phi) is 5.98. The maximum absolute atomic E-state index is 12.5. The van der Waals surface area contributed by atoms with E-state index in [1.165, 1.54) is 0 Å². The van der Waals surface area contributed by atoms with Gasteiger partial charge in [0, 0.05) is 5.56 Å². The van der Waals surface area contributed by atoms with Crippen molar-refractivity contribution in [2.75, 3.05) is 6.61 Å². The number of amides is 2. The molecule has 0 saturated heterocycles. The van der Waals surface area contributed by atoms with Gasteiger partial charge in [-0.3, -0.25) is 25.2 Å². The zero-order valence-electron chi connectivity index (χ0n) is 15.4. The van der Waals surface area contributed by atoms with Crippen LogP contribution in [-0.4, -0.2) is 29.5 Å². The van der Waals surface area contributed by atoms with Gasteiger partial charge in [-0.25, -0.2) is 0 Å². The van der Waals surface area contributed by atoms with Crippen LogP contribution in [0.2, 0.25) is 0 Å². The Bertz CT molecular complexity index is 703. The predicted molar refractivity (Wildman–Crippen MR) is 97.9 cm³/mol. The van der Waals surface area contributed by atoms with Crippen LogP contribution < -0.4 is 15.6 Å². The van der Waals surface area contributed by atoms with Gasteiger partial charge in [0.1, 0.15) is 5.75 Å². The molecule has 1 aromatic rings. The second-order valence-electron chi connectivity index (χ2n) is 7.39. The molecular weight excluding hydrogens is 348 g/mol. The highest BCUT2D eigenvalue weighted by Crippen LogP contribution is 2.52. The molecule has 2 fully saturated rings. The van der Waals surface area contributed by atoms with E-state index in [1.54, 1.807) is 24.3 Å². The quantitative estimate of drug-likeness (QED) is 0.502. The molecule has 1 aromatic carbocycles. The van der Waals surface area contributed by atoms with Gasteiger partial charge in [-0.1, -0.05) is 13.3 Å². The van der Waals surface area contributed by atoms with E-state index in [9.17, 15) is 19.5 Å². The van der Waals surface area contributed by atoms with Gasteiger partial charge < -0.3 is 9.84 Å². The van der Waals surface area contributed by atoms with E-state index < -0.39 is 29.6 Å². The summed E-state index contributed by atoms with van der Waals surface area (Å²) < 4.78 is 5.55. The molecule has 4 atom stereocenters. The van der Waals surface area contributed by atoms with Crippen LogP contribution in [0.4, 0.5) is 0 Å². The van der Waals surface area contributed by atoms with Crippen molar-refractivity contribution in [3.8, 4) is 5.75 Å². The Labute approximate surface area is 158 Å².